The van der Waals surface area contributed by atoms with Crippen molar-refractivity contribution in [2.24, 2.45) is 34.1 Å². The number of amides is 1. The molecule has 13 nitrogen and oxygen atoms in total. The van der Waals surface area contributed by atoms with Crippen molar-refractivity contribution in [1.29, 1.82) is 0 Å². The Labute approximate surface area is 277 Å². The van der Waals surface area contributed by atoms with Gasteiger partial charge in [0.1, 0.15) is 16.8 Å². The molecule has 0 bridgehead atoms. The Morgan fingerprint density at radius 2 is 1.57 bits per heavy atom. The molecule has 15 heteroatoms. The highest BCUT2D eigenvalue weighted by molar-refractivity contribution is 7.99. The maximum Gasteiger partial charge on any atom is 0.511 e. The van der Waals surface area contributed by atoms with Crippen LogP contribution in [0.4, 0.5) is 18.8 Å². The fraction of sp³-hybridized carbons (Fsp3) is 0.625. The fourth-order valence-electron chi connectivity index (χ4n) is 5.48. The van der Waals surface area contributed by atoms with Crippen LogP contribution in [-0.4, -0.2) is 73.7 Å². The number of esters is 2. The first-order valence-corrected chi connectivity index (χ1v) is 16.1. The number of ether oxygens (including phenoxy) is 7. The third-order valence-corrected chi connectivity index (χ3v) is 8.50. The number of nitrogens with zero attached hydrogens (tertiary/aromatic N) is 1. The number of fused-ring (bicyclic) bond motifs is 1. The van der Waals surface area contributed by atoms with Crippen molar-refractivity contribution >= 4 is 48.3 Å². The van der Waals surface area contributed by atoms with Gasteiger partial charge in [0.05, 0.1) is 18.1 Å². The van der Waals surface area contributed by atoms with Crippen LogP contribution in [0, 0.1) is 41.8 Å². The van der Waals surface area contributed by atoms with E-state index in [4.69, 9.17) is 33.2 Å². The zero-order valence-electron chi connectivity index (χ0n) is 27.7. The highest BCUT2D eigenvalue weighted by atomic mass is 32.2. The van der Waals surface area contributed by atoms with Gasteiger partial charge in [-0.1, -0.05) is 0 Å². The van der Waals surface area contributed by atoms with Crippen LogP contribution in [0.5, 0.6) is 0 Å². The van der Waals surface area contributed by atoms with E-state index in [0.717, 1.165) is 11.1 Å². The molecule has 0 saturated heterocycles. The van der Waals surface area contributed by atoms with Gasteiger partial charge >= 0.3 is 30.3 Å². The summed E-state index contributed by atoms with van der Waals surface area (Å²) in [5, 5.41) is 0. The Hall–Kier alpha value is -3.88. The summed E-state index contributed by atoms with van der Waals surface area (Å²) in [5.74, 6) is -4.23. The first-order chi connectivity index (χ1) is 21.9. The van der Waals surface area contributed by atoms with Crippen molar-refractivity contribution in [2.75, 3.05) is 19.3 Å². The number of hydrogen-bond donors (Lipinski definition) is 0. The maximum atomic E-state index is 14.0. The minimum absolute atomic E-state index is 0.287. The van der Waals surface area contributed by atoms with Crippen LogP contribution < -0.4 is 0 Å². The molecular formula is C32H42FNO12S. The molecular weight excluding hydrogens is 641 g/mol. The SMILES string of the molecule is Cc1cc(SC[C@@H]2C[C@@H]3C([C@H]3C(=O)OCOC(=O)OC(C)C)[C@]2(/C=N/C(=O)OC(C)(C)C)C(=O)OCOC(=O)OC(C)C)ccc1F. The molecule has 47 heavy (non-hydrogen) atoms. The van der Waals surface area contributed by atoms with E-state index in [1.165, 1.54) is 17.8 Å². The highest BCUT2D eigenvalue weighted by Gasteiger charge is 2.75. The molecule has 2 fully saturated rings. The molecule has 2 aliphatic rings. The van der Waals surface area contributed by atoms with Gasteiger partial charge in [0.15, 0.2) is 0 Å². The number of halogens is 1. The summed E-state index contributed by atoms with van der Waals surface area (Å²) in [6, 6.07) is 4.62. The largest absolute Gasteiger partial charge is 0.511 e. The van der Waals surface area contributed by atoms with E-state index in [-0.39, 0.29) is 11.6 Å². The highest BCUT2D eigenvalue weighted by Crippen LogP contribution is 2.69. The number of hydrogen-bond acceptors (Lipinski definition) is 13. The first kappa shape index (κ1) is 37.6. The first-order valence-electron chi connectivity index (χ1n) is 15.1. The lowest BCUT2D eigenvalue weighted by Gasteiger charge is -2.33. The molecule has 0 spiro atoms. The Balaban J connectivity index is 1.90. The standard InChI is InChI=1S/C32H42FNO12S/c1-17(2)44-29(38)42-15-40-26(35)24-22-12-20(13-47-21-9-10-23(33)19(5)11-21)32(25(22)24,14-34-28(37)46-31(6,7)8)27(36)41-16-43-30(39)45-18(3)4/h9-11,14,17-18,20,22,24-25H,12-13,15-16H2,1-8H3/b34-14+/t20-,22-,24-,25?,32+/m0/s1. The van der Waals surface area contributed by atoms with Gasteiger partial charge in [0.25, 0.3) is 0 Å². The number of carbonyl (C=O) groups is 5. The van der Waals surface area contributed by atoms with Crippen LogP contribution in [0.15, 0.2) is 28.1 Å². The van der Waals surface area contributed by atoms with Gasteiger partial charge in [-0.25, -0.2) is 18.8 Å². The molecule has 3 rings (SSSR count). The Bertz CT molecular complexity index is 1360. The number of rotatable bonds is 12. The van der Waals surface area contributed by atoms with Crippen molar-refractivity contribution < 1.29 is 61.5 Å². The summed E-state index contributed by atoms with van der Waals surface area (Å²) in [6.45, 7) is 11.6. The zero-order valence-corrected chi connectivity index (χ0v) is 28.6. The normalized spacial score (nSPS) is 23.2. The van der Waals surface area contributed by atoms with Crippen molar-refractivity contribution in [3.63, 3.8) is 0 Å². The number of thioether (sulfide) groups is 1. The molecule has 1 aromatic rings. The number of aliphatic imine (C=N–C) groups is 1. The van der Waals surface area contributed by atoms with Crippen LogP contribution in [0.3, 0.4) is 0 Å². The van der Waals surface area contributed by atoms with E-state index in [9.17, 15) is 28.4 Å². The minimum atomic E-state index is -1.67. The van der Waals surface area contributed by atoms with Gasteiger partial charge in [-0.05, 0) is 103 Å². The molecule has 0 heterocycles. The molecule has 5 atom stereocenters. The minimum Gasteiger partial charge on any atom is -0.442 e. The van der Waals surface area contributed by atoms with Gasteiger partial charge in [0, 0.05) is 16.9 Å². The number of benzene rings is 1. The number of aryl methyl sites for hydroxylation is 1. The maximum absolute atomic E-state index is 14.0. The van der Waals surface area contributed by atoms with Crippen LogP contribution in [0.2, 0.25) is 0 Å². The summed E-state index contributed by atoms with van der Waals surface area (Å²) < 4.78 is 49.3. The van der Waals surface area contributed by atoms with Crippen molar-refractivity contribution in [3.8, 4) is 0 Å². The Morgan fingerprint density at radius 3 is 2.13 bits per heavy atom. The number of carbonyl (C=O) groups excluding carboxylic acids is 5. The quantitative estimate of drug-likeness (QED) is 0.0802. The summed E-state index contributed by atoms with van der Waals surface area (Å²) in [6.07, 6.45) is -2.51. The molecule has 0 aromatic heterocycles. The van der Waals surface area contributed by atoms with Gasteiger partial charge in [-0.3, -0.25) is 9.59 Å². The second-order valence-corrected chi connectivity index (χ2v) is 13.9. The average molecular weight is 684 g/mol. The lowest BCUT2D eigenvalue weighted by Crippen LogP contribution is -2.44. The second-order valence-electron chi connectivity index (χ2n) is 12.8. The van der Waals surface area contributed by atoms with E-state index >= 15 is 0 Å². The predicted molar refractivity (Wildman–Crippen MR) is 165 cm³/mol. The fourth-order valence-corrected chi connectivity index (χ4v) is 6.71. The van der Waals surface area contributed by atoms with Crippen LogP contribution in [0.25, 0.3) is 0 Å². The smallest absolute Gasteiger partial charge is 0.442 e. The molecule has 2 saturated carbocycles. The van der Waals surface area contributed by atoms with Gasteiger partial charge < -0.3 is 33.2 Å². The third kappa shape index (κ3) is 10.3. The van der Waals surface area contributed by atoms with Crippen LogP contribution in [0.1, 0.15) is 60.5 Å². The molecule has 1 unspecified atom stereocenters. The molecule has 260 valence electrons. The Kier molecular flexibility index (Phi) is 12.6. The van der Waals surface area contributed by atoms with Gasteiger partial charge in [-0.2, -0.15) is 4.99 Å². The molecule has 1 amide bonds. The van der Waals surface area contributed by atoms with Crippen molar-refractivity contribution in [1.82, 2.24) is 0 Å². The van der Waals surface area contributed by atoms with Crippen LogP contribution in [-0.2, 0) is 42.7 Å². The molecule has 1 aromatic carbocycles. The third-order valence-electron chi connectivity index (χ3n) is 7.34. The second kappa shape index (κ2) is 15.8. The van der Waals surface area contributed by atoms with Crippen molar-refractivity contribution in [3.05, 3.63) is 29.6 Å². The van der Waals surface area contributed by atoms with Gasteiger partial charge in [-0.15, -0.1) is 11.8 Å². The van der Waals surface area contributed by atoms with Crippen molar-refractivity contribution in [2.45, 2.75) is 84.5 Å². The molecule has 2 aliphatic carbocycles. The lowest BCUT2D eigenvalue weighted by atomic mass is 9.74. The summed E-state index contributed by atoms with van der Waals surface area (Å²) in [5.41, 5.74) is -2.12. The average Bonchev–Trinajstić information content (AvgIpc) is 3.56. The summed E-state index contributed by atoms with van der Waals surface area (Å²) >= 11 is 1.35. The molecule has 0 N–H and O–H groups in total. The van der Waals surface area contributed by atoms with Crippen LogP contribution >= 0.6 is 11.8 Å². The van der Waals surface area contributed by atoms with E-state index in [0.29, 0.717) is 12.0 Å². The predicted octanol–water partition coefficient (Wildman–Crippen LogP) is 6.23. The van der Waals surface area contributed by atoms with E-state index < -0.39 is 90.8 Å². The summed E-state index contributed by atoms with van der Waals surface area (Å²) in [4.78, 5) is 68.2. The van der Waals surface area contributed by atoms with E-state index in [1.807, 2.05) is 0 Å². The topological polar surface area (TPSA) is 162 Å². The molecule has 0 radical (unpaired) electrons. The zero-order chi connectivity index (χ0) is 35.1. The van der Waals surface area contributed by atoms with E-state index in [2.05, 4.69) is 4.99 Å². The monoisotopic (exact) mass is 683 g/mol. The lowest BCUT2D eigenvalue weighted by molar-refractivity contribution is -0.165. The van der Waals surface area contributed by atoms with Gasteiger partial charge in [0.2, 0.25) is 13.6 Å². The Morgan fingerprint density at radius 1 is 0.979 bits per heavy atom. The van der Waals surface area contributed by atoms with E-state index in [1.54, 1.807) is 67.5 Å². The summed E-state index contributed by atoms with van der Waals surface area (Å²) in [7, 11) is 0. The molecule has 0 aliphatic heterocycles.